The molecule has 0 aromatic heterocycles. The summed E-state index contributed by atoms with van der Waals surface area (Å²) in [4.78, 5) is 2.61. The van der Waals surface area contributed by atoms with Crippen molar-refractivity contribution in [1.82, 2.24) is 10.2 Å². The van der Waals surface area contributed by atoms with Crippen molar-refractivity contribution in [1.29, 1.82) is 0 Å². The average Bonchev–Trinajstić information content (AvgIpc) is 2.77. The largest absolute Gasteiger partial charge is 0.396 e. The number of halogens is 1. The number of nitrogens with one attached hydrogen (secondary N) is 1. The van der Waals surface area contributed by atoms with Gasteiger partial charge in [-0.3, -0.25) is 0 Å². The first-order valence-electron chi connectivity index (χ1n) is 7.15. The van der Waals surface area contributed by atoms with Gasteiger partial charge in [0.15, 0.2) is 0 Å². The zero-order valence-corrected chi connectivity index (χ0v) is 12.7. The Bertz CT molecular complexity index is 240. The second-order valence-corrected chi connectivity index (χ2v) is 6.53. The molecule has 2 fully saturated rings. The standard InChI is InChI=1S/C14H28N2O.ClH/c1-3-14(12-17)5-8-16(9-6-14)11-13(2)4-7-15-10-13;/h15,17H,3-12H2,1-2H3;1H. The predicted octanol–water partition coefficient (Wildman–Crippen LogP) is 1.89. The molecule has 2 rings (SSSR count). The van der Waals surface area contributed by atoms with Crippen molar-refractivity contribution in [3.63, 3.8) is 0 Å². The first-order valence-corrected chi connectivity index (χ1v) is 7.15. The van der Waals surface area contributed by atoms with Crippen LogP contribution in [0.4, 0.5) is 0 Å². The van der Waals surface area contributed by atoms with E-state index in [1.807, 2.05) is 0 Å². The van der Waals surface area contributed by atoms with E-state index in [2.05, 4.69) is 24.1 Å². The van der Waals surface area contributed by atoms with Crippen molar-refractivity contribution < 1.29 is 5.11 Å². The van der Waals surface area contributed by atoms with Crippen LogP contribution in [0.5, 0.6) is 0 Å². The maximum atomic E-state index is 9.53. The second kappa shape index (κ2) is 6.56. The lowest BCUT2D eigenvalue weighted by Crippen LogP contribution is -2.46. The fourth-order valence-corrected chi connectivity index (χ4v) is 3.35. The van der Waals surface area contributed by atoms with Crippen LogP contribution in [-0.2, 0) is 0 Å². The van der Waals surface area contributed by atoms with Gasteiger partial charge in [0.05, 0.1) is 0 Å². The van der Waals surface area contributed by atoms with Gasteiger partial charge in [0.2, 0.25) is 0 Å². The molecule has 0 aromatic carbocycles. The van der Waals surface area contributed by atoms with E-state index in [0.717, 1.165) is 6.42 Å². The fraction of sp³-hybridized carbons (Fsp3) is 1.00. The lowest BCUT2D eigenvalue weighted by Gasteiger charge is -2.42. The summed E-state index contributed by atoms with van der Waals surface area (Å²) in [6.07, 6.45) is 4.77. The summed E-state index contributed by atoms with van der Waals surface area (Å²) < 4.78 is 0. The summed E-state index contributed by atoms with van der Waals surface area (Å²) in [5.74, 6) is 0. The Morgan fingerprint density at radius 3 is 2.33 bits per heavy atom. The molecule has 2 N–H and O–H groups in total. The third-order valence-corrected chi connectivity index (χ3v) is 5.06. The van der Waals surface area contributed by atoms with Crippen molar-refractivity contribution in [3.05, 3.63) is 0 Å². The molecule has 1 unspecified atom stereocenters. The molecule has 1 atom stereocenters. The molecule has 4 heteroatoms. The van der Waals surface area contributed by atoms with Crippen LogP contribution in [0, 0.1) is 10.8 Å². The molecule has 0 radical (unpaired) electrons. The van der Waals surface area contributed by atoms with Gasteiger partial charge in [0, 0.05) is 19.7 Å². The van der Waals surface area contributed by atoms with Gasteiger partial charge in [0.1, 0.15) is 0 Å². The van der Waals surface area contributed by atoms with Crippen LogP contribution in [-0.4, -0.2) is 49.3 Å². The Kier molecular flexibility index (Phi) is 5.91. The van der Waals surface area contributed by atoms with Gasteiger partial charge in [-0.15, -0.1) is 12.4 Å². The Hall–Kier alpha value is 0.170. The van der Waals surface area contributed by atoms with Gasteiger partial charge >= 0.3 is 0 Å². The highest BCUT2D eigenvalue weighted by Crippen LogP contribution is 2.36. The van der Waals surface area contributed by atoms with Crippen molar-refractivity contribution in [2.45, 2.75) is 39.5 Å². The molecule has 0 aliphatic carbocycles. The minimum Gasteiger partial charge on any atom is -0.396 e. The van der Waals surface area contributed by atoms with E-state index in [0.29, 0.717) is 12.0 Å². The van der Waals surface area contributed by atoms with Gasteiger partial charge in [-0.1, -0.05) is 13.8 Å². The van der Waals surface area contributed by atoms with E-state index in [9.17, 15) is 5.11 Å². The monoisotopic (exact) mass is 276 g/mol. The summed E-state index contributed by atoms with van der Waals surface area (Å²) in [5, 5.41) is 13.0. The number of rotatable bonds is 4. The maximum Gasteiger partial charge on any atom is 0.0488 e. The normalized spacial score (nSPS) is 32.2. The van der Waals surface area contributed by atoms with E-state index in [1.165, 1.54) is 52.0 Å². The van der Waals surface area contributed by atoms with E-state index in [4.69, 9.17) is 0 Å². The molecular formula is C14H29ClN2O. The van der Waals surface area contributed by atoms with Crippen molar-refractivity contribution >= 4 is 12.4 Å². The van der Waals surface area contributed by atoms with Crippen LogP contribution in [0.3, 0.4) is 0 Å². The number of nitrogens with zero attached hydrogens (tertiary/aromatic N) is 1. The SMILES string of the molecule is CCC1(CO)CCN(CC2(C)CCNC2)CC1.Cl. The van der Waals surface area contributed by atoms with Crippen molar-refractivity contribution in [3.8, 4) is 0 Å². The summed E-state index contributed by atoms with van der Waals surface area (Å²) in [6, 6.07) is 0. The van der Waals surface area contributed by atoms with Crippen molar-refractivity contribution in [2.24, 2.45) is 10.8 Å². The highest BCUT2D eigenvalue weighted by atomic mass is 35.5. The number of likely N-dealkylation sites (tertiary alicyclic amines) is 1. The van der Waals surface area contributed by atoms with E-state index < -0.39 is 0 Å². The van der Waals surface area contributed by atoms with Gasteiger partial charge in [0.25, 0.3) is 0 Å². The molecular weight excluding hydrogens is 248 g/mol. The molecule has 2 aliphatic heterocycles. The van der Waals surface area contributed by atoms with Crippen LogP contribution < -0.4 is 5.32 Å². The number of hydrogen-bond acceptors (Lipinski definition) is 3. The summed E-state index contributed by atoms with van der Waals surface area (Å²) in [5.41, 5.74) is 0.705. The highest BCUT2D eigenvalue weighted by molar-refractivity contribution is 5.85. The summed E-state index contributed by atoms with van der Waals surface area (Å²) in [6.45, 7) is 10.9. The molecule has 3 nitrogen and oxygen atoms in total. The van der Waals surface area contributed by atoms with Gasteiger partial charge < -0.3 is 15.3 Å². The smallest absolute Gasteiger partial charge is 0.0488 e. The van der Waals surface area contributed by atoms with Crippen molar-refractivity contribution in [2.75, 3.05) is 39.3 Å². The molecule has 108 valence electrons. The zero-order valence-electron chi connectivity index (χ0n) is 11.9. The first-order chi connectivity index (χ1) is 8.11. The average molecular weight is 277 g/mol. The minimum absolute atomic E-state index is 0. The van der Waals surface area contributed by atoms with E-state index >= 15 is 0 Å². The second-order valence-electron chi connectivity index (χ2n) is 6.53. The first kappa shape index (κ1) is 16.2. The van der Waals surface area contributed by atoms with Crippen LogP contribution in [0.25, 0.3) is 0 Å². The van der Waals surface area contributed by atoms with Gasteiger partial charge in [-0.05, 0) is 56.1 Å². The topological polar surface area (TPSA) is 35.5 Å². The maximum absolute atomic E-state index is 9.53. The zero-order chi connectivity index (χ0) is 12.4. The highest BCUT2D eigenvalue weighted by Gasteiger charge is 2.36. The fourth-order valence-electron chi connectivity index (χ4n) is 3.35. The predicted molar refractivity (Wildman–Crippen MR) is 78.3 cm³/mol. The Balaban J connectivity index is 0.00000162. The third-order valence-electron chi connectivity index (χ3n) is 5.06. The van der Waals surface area contributed by atoms with Crippen LogP contribution >= 0.6 is 12.4 Å². The molecule has 2 heterocycles. The lowest BCUT2D eigenvalue weighted by atomic mass is 9.76. The molecule has 2 saturated heterocycles. The van der Waals surface area contributed by atoms with Gasteiger partial charge in [-0.25, -0.2) is 0 Å². The van der Waals surface area contributed by atoms with Crippen LogP contribution in [0.15, 0.2) is 0 Å². The molecule has 0 amide bonds. The molecule has 0 spiro atoms. The molecule has 0 saturated carbocycles. The molecule has 0 bridgehead atoms. The number of piperidine rings is 1. The Labute approximate surface area is 118 Å². The summed E-state index contributed by atoms with van der Waals surface area (Å²) >= 11 is 0. The molecule has 18 heavy (non-hydrogen) atoms. The van der Waals surface area contributed by atoms with E-state index in [-0.39, 0.29) is 17.8 Å². The quantitative estimate of drug-likeness (QED) is 0.823. The van der Waals surface area contributed by atoms with Crippen LogP contribution in [0.1, 0.15) is 39.5 Å². The minimum atomic E-state index is 0. The Morgan fingerprint density at radius 2 is 1.89 bits per heavy atom. The number of hydrogen-bond donors (Lipinski definition) is 2. The summed E-state index contributed by atoms with van der Waals surface area (Å²) in [7, 11) is 0. The number of aliphatic hydroxyl groups is 1. The van der Waals surface area contributed by atoms with E-state index in [1.54, 1.807) is 0 Å². The number of aliphatic hydroxyl groups excluding tert-OH is 1. The van der Waals surface area contributed by atoms with Crippen LogP contribution in [0.2, 0.25) is 0 Å². The lowest BCUT2D eigenvalue weighted by molar-refractivity contribution is 0.0280. The van der Waals surface area contributed by atoms with Gasteiger partial charge in [-0.2, -0.15) is 0 Å². The third kappa shape index (κ3) is 3.60. The Morgan fingerprint density at radius 1 is 1.22 bits per heavy atom. The molecule has 0 aromatic rings. The molecule has 2 aliphatic rings.